The standard InChI is InChI=1S/C16H20N4O/c1-11(12-7-8-12)19(2)16(21)14-9-10-20(18-14)15-6-4-3-5-13(15)17/h3-6,9-12H,7-8,17H2,1-2H3. The summed E-state index contributed by atoms with van der Waals surface area (Å²) in [5.74, 6) is 0.605. The van der Waals surface area contributed by atoms with Crippen molar-refractivity contribution in [1.82, 2.24) is 14.7 Å². The van der Waals surface area contributed by atoms with E-state index in [1.807, 2.05) is 31.3 Å². The van der Waals surface area contributed by atoms with Crippen LogP contribution >= 0.6 is 0 Å². The number of hydrogen-bond acceptors (Lipinski definition) is 3. The van der Waals surface area contributed by atoms with E-state index in [0.29, 0.717) is 17.3 Å². The average Bonchev–Trinajstić information content (AvgIpc) is 3.23. The Bertz CT molecular complexity index is 660. The second kappa shape index (κ2) is 5.24. The number of nitrogens with zero attached hydrogens (tertiary/aromatic N) is 3. The first-order chi connectivity index (χ1) is 10.1. The lowest BCUT2D eigenvalue weighted by Crippen LogP contribution is -2.36. The summed E-state index contributed by atoms with van der Waals surface area (Å²) < 4.78 is 1.65. The number of hydrogen-bond donors (Lipinski definition) is 1. The van der Waals surface area contributed by atoms with Crippen molar-refractivity contribution in [2.45, 2.75) is 25.8 Å². The van der Waals surface area contributed by atoms with Crippen molar-refractivity contribution >= 4 is 11.6 Å². The lowest BCUT2D eigenvalue weighted by Gasteiger charge is -2.23. The van der Waals surface area contributed by atoms with Gasteiger partial charge in [0.05, 0.1) is 11.4 Å². The molecule has 1 heterocycles. The average molecular weight is 284 g/mol. The number of amides is 1. The van der Waals surface area contributed by atoms with Crippen LogP contribution in [0, 0.1) is 5.92 Å². The van der Waals surface area contributed by atoms with E-state index in [0.717, 1.165) is 5.69 Å². The first kappa shape index (κ1) is 13.7. The van der Waals surface area contributed by atoms with Gasteiger partial charge in [0.2, 0.25) is 0 Å². The molecule has 1 unspecified atom stereocenters. The molecule has 1 amide bonds. The Hall–Kier alpha value is -2.30. The molecule has 5 heteroatoms. The zero-order chi connectivity index (χ0) is 15.0. The van der Waals surface area contributed by atoms with Crippen molar-refractivity contribution in [2.24, 2.45) is 5.92 Å². The number of benzene rings is 1. The molecule has 2 N–H and O–H groups in total. The zero-order valence-corrected chi connectivity index (χ0v) is 12.4. The summed E-state index contributed by atoms with van der Waals surface area (Å²) in [5, 5.41) is 4.37. The summed E-state index contributed by atoms with van der Waals surface area (Å²) in [7, 11) is 1.85. The maximum atomic E-state index is 12.5. The number of anilines is 1. The Morgan fingerprint density at radius 1 is 1.38 bits per heavy atom. The molecule has 0 radical (unpaired) electrons. The van der Waals surface area contributed by atoms with Crippen LogP contribution in [-0.2, 0) is 0 Å². The molecule has 0 aliphatic heterocycles. The Morgan fingerprint density at radius 2 is 2.10 bits per heavy atom. The topological polar surface area (TPSA) is 64.2 Å². The zero-order valence-electron chi connectivity index (χ0n) is 12.4. The highest BCUT2D eigenvalue weighted by molar-refractivity contribution is 5.92. The molecule has 0 saturated heterocycles. The molecule has 1 aromatic heterocycles. The number of nitrogens with two attached hydrogens (primary N) is 1. The monoisotopic (exact) mass is 284 g/mol. The fraction of sp³-hybridized carbons (Fsp3) is 0.375. The van der Waals surface area contributed by atoms with Crippen LogP contribution in [0.2, 0.25) is 0 Å². The first-order valence-electron chi connectivity index (χ1n) is 7.25. The van der Waals surface area contributed by atoms with Crippen molar-refractivity contribution in [2.75, 3.05) is 12.8 Å². The van der Waals surface area contributed by atoms with Crippen LogP contribution in [-0.4, -0.2) is 33.7 Å². The minimum atomic E-state index is -0.0392. The van der Waals surface area contributed by atoms with Crippen LogP contribution in [0.4, 0.5) is 5.69 Å². The van der Waals surface area contributed by atoms with Crippen LogP contribution in [0.15, 0.2) is 36.5 Å². The van der Waals surface area contributed by atoms with E-state index in [-0.39, 0.29) is 11.9 Å². The molecule has 1 atom stereocenters. The van der Waals surface area contributed by atoms with Crippen molar-refractivity contribution in [3.63, 3.8) is 0 Å². The smallest absolute Gasteiger partial charge is 0.274 e. The molecule has 0 bridgehead atoms. The SMILES string of the molecule is CC(C1CC1)N(C)C(=O)c1ccn(-c2ccccc2N)n1. The second-order valence-electron chi connectivity index (χ2n) is 5.70. The van der Waals surface area contributed by atoms with Crippen LogP contribution in [0.25, 0.3) is 5.69 Å². The van der Waals surface area contributed by atoms with Gasteiger partial charge in [-0.2, -0.15) is 5.10 Å². The van der Waals surface area contributed by atoms with Gasteiger partial charge in [0.1, 0.15) is 0 Å². The van der Waals surface area contributed by atoms with Gasteiger partial charge in [-0.25, -0.2) is 4.68 Å². The molecule has 110 valence electrons. The van der Waals surface area contributed by atoms with E-state index in [1.165, 1.54) is 12.8 Å². The van der Waals surface area contributed by atoms with Crippen LogP contribution < -0.4 is 5.73 Å². The summed E-state index contributed by atoms with van der Waals surface area (Å²) in [6, 6.07) is 9.48. The van der Waals surface area contributed by atoms with E-state index in [4.69, 9.17) is 5.73 Å². The number of carbonyl (C=O) groups excluding carboxylic acids is 1. The first-order valence-corrected chi connectivity index (χ1v) is 7.25. The van der Waals surface area contributed by atoms with Crippen molar-refractivity contribution in [1.29, 1.82) is 0 Å². The maximum absolute atomic E-state index is 12.5. The van der Waals surface area contributed by atoms with Gasteiger partial charge in [0, 0.05) is 19.3 Å². The highest BCUT2D eigenvalue weighted by atomic mass is 16.2. The van der Waals surface area contributed by atoms with Gasteiger partial charge in [0.25, 0.3) is 5.91 Å². The molecule has 1 aromatic carbocycles. The molecule has 1 fully saturated rings. The van der Waals surface area contributed by atoms with Gasteiger partial charge in [-0.1, -0.05) is 12.1 Å². The minimum Gasteiger partial charge on any atom is -0.397 e. The van der Waals surface area contributed by atoms with E-state index in [2.05, 4.69) is 12.0 Å². The molecule has 2 aromatic rings. The van der Waals surface area contributed by atoms with Crippen molar-refractivity contribution in [3.8, 4) is 5.69 Å². The molecule has 21 heavy (non-hydrogen) atoms. The summed E-state index contributed by atoms with van der Waals surface area (Å²) in [5.41, 5.74) is 7.81. The Morgan fingerprint density at radius 3 is 2.76 bits per heavy atom. The van der Waals surface area contributed by atoms with Gasteiger partial charge in [-0.15, -0.1) is 0 Å². The predicted octanol–water partition coefficient (Wildman–Crippen LogP) is 2.33. The van der Waals surface area contributed by atoms with Gasteiger partial charge >= 0.3 is 0 Å². The fourth-order valence-corrected chi connectivity index (χ4v) is 2.53. The summed E-state index contributed by atoms with van der Waals surface area (Å²) in [6.07, 6.45) is 4.20. The fourth-order valence-electron chi connectivity index (χ4n) is 2.53. The van der Waals surface area contributed by atoms with Crippen LogP contribution in [0.1, 0.15) is 30.3 Å². The molecule has 1 saturated carbocycles. The molecule has 1 aliphatic carbocycles. The maximum Gasteiger partial charge on any atom is 0.274 e. The van der Waals surface area contributed by atoms with E-state index in [9.17, 15) is 4.79 Å². The third kappa shape index (κ3) is 2.63. The van der Waals surface area contributed by atoms with Gasteiger partial charge in [0.15, 0.2) is 5.69 Å². The molecule has 3 rings (SSSR count). The highest BCUT2D eigenvalue weighted by Gasteiger charge is 2.33. The molecular weight excluding hydrogens is 264 g/mol. The summed E-state index contributed by atoms with van der Waals surface area (Å²) in [6.45, 7) is 2.10. The van der Waals surface area contributed by atoms with Crippen molar-refractivity contribution in [3.05, 3.63) is 42.2 Å². The van der Waals surface area contributed by atoms with E-state index < -0.39 is 0 Å². The number of aromatic nitrogens is 2. The lowest BCUT2D eigenvalue weighted by molar-refractivity contribution is 0.0721. The molecule has 5 nitrogen and oxygen atoms in total. The third-order valence-corrected chi connectivity index (χ3v) is 4.23. The Labute approximate surface area is 124 Å². The van der Waals surface area contributed by atoms with Crippen molar-refractivity contribution < 1.29 is 4.79 Å². The van der Waals surface area contributed by atoms with Crippen LogP contribution in [0.5, 0.6) is 0 Å². The summed E-state index contributed by atoms with van der Waals surface area (Å²) >= 11 is 0. The van der Waals surface area contributed by atoms with Crippen LogP contribution in [0.3, 0.4) is 0 Å². The quantitative estimate of drug-likeness (QED) is 0.876. The molecular formula is C16H20N4O. The van der Waals surface area contributed by atoms with E-state index in [1.54, 1.807) is 21.8 Å². The number of nitrogen functional groups attached to an aromatic ring is 1. The van der Waals surface area contributed by atoms with E-state index >= 15 is 0 Å². The third-order valence-electron chi connectivity index (χ3n) is 4.23. The second-order valence-corrected chi connectivity index (χ2v) is 5.70. The number of para-hydroxylation sites is 2. The Balaban J connectivity index is 1.81. The molecule has 0 spiro atoms. The number of rotatable bonds is 4. The molecule has 1 aliphatic rings. The normalized spacial score (nSPS) is 15.7. The summed E-state index contributed by atoms with van der Waals surface area (Å²) in [4.78, 5) is 14.3. The number of carbonyl (C=O) groups is 1. The predicted molar refractivity (Wildman–Crippen MR) is 82.3 cm³/mol. The van der Waals surface area contributed by atoms with Gasteiger partial charge in [-0.3, -0.25) is 4.79 Å². The van der Waals surface area contributed by atoms with Gasteiger partial charge < -0.3 is 10.6 Å². The Kier molecular flexibility index (Phi) is 3.41. The lowest BCUT2D eigenvalue weighted by atomic mass is 10.2. The van der Waals surface area contributed by atoms with Gasteiger partial charge in [-0.05, 0) is 43.9 Å². The minimum absolute atomic E-state index is 0.0392. The highest BCUT2D eigenvalue weighted by Crippen LogP contribution is 2.35. The largest absolute Gasteiger partial charge is 0.397 e.